The van der Waals surface area contributed by atoms with E-state index in [0.717, 1.165) is 6.54 Å². The Bertz CT molecular complexity index is 605. The summed E-state index contributed by atoms with van der Waals surface area (Å²) in [6.07, 6.45) is 3.13. The van der Waals surface area contributed by atoms with Gasteiger partial charge in [0.2, 0.25) is 10.0 Å². The van der Waals surface area contributed by atoms with E-state index in [1.165, 1.54) is 18.5 Å². The summed E-state index contributed by atoms with van der Waals surface area (Å²) in [5.41, 5.74) is 0.511. The van der Waals surface area contributed by atoms with Crippen LogP contribution in [0.15, 0.2) is 23.4 Å². The van der Waals surface area contributed by atoms with Gasteiger partial charge in [-0.1, -0.05) is 18.8 Å². The van der Waals surface area contributed by atoms with Crippen LogP contribution in [0.4, 0.5) is 0 Å². The van der Waals surface area contributed by atoms with Gasteiger partial charge < -0.3 is 10.0 Å². The topological polar surface area (TPSA) is 82.5 Å². The molecule has 0 aromatic carbocycles. The van der Waals surface area contributed by atoms with Gasteiger partial charge in [-0.05, 0) is 19.7 Å². The second-order valence-corrected chi connectivity index (χ2v) is 6.25. The van der Waals surface area contributed by atoms with E-state index < -0.39 is 10.0 Å². The highest BCUT2D eigenvalue weighted by atomic mass is 32.2. The summed E-state index contributed by atoms with van der Waals surface area (Å²) in [5, 5.41) is 8.66. The van der Waals surface area contributed by atoms with E-state index in [-0.39, 0.29) is 11.5 Å². The van der Waals surface area contributed by atoms with Crippen molar-refractivity contribution in [3.05, 3.63) is 24.0 Å². The van der Waals surface area contributed by atoms with Crippen molar-refractivity contribution >= 4 is 10.0 Å². The average Bonchev–Trinajstić information content (AvgIpc) is 2.47. The van der Waals surface area contributed by atoms with Crippen molar-refractivity contribution in [2.24, 2.45) is 0 Å². The van der Waals surface area contributed by atoms with Gasteiger partial charge in [0.1, 0.15) is 4.90 Å². The van der Waals surface area contributed by atoms with Crippen molar-refractivity contribution in [1.82, 2.24) is 14.6 Å². The number of aliphatic hydroxyl groups is 1. The monoisotopic (exact) mass is 311 g/mol. The van der Waals surface area contributed by atoms with Gasteiger partial charge in [-0.2, -0.15) is 0 Å². The van der Waals surface area contributed by atoms with E-state index in [1.807, 2.05) is 18.9 Å². The average molecular weight is 311 g/mol. The first-order valence-corrected chi connectivity index (χ1v) is 8.21. The first kappa shape index (κ1) is 17.6. The summed E-state index contributed by atoms with van der Waals surface area (Å²) in [4.78, 5) is 6.00. The number of aliphatic hydroxyl groups excluding tert-OH is 1. The molecule has 1 aromatic rings. The Balaban J connectivity index is 2.75. The van der Waals surface area contributed by atoms with Gasteiger partial charge in [0.25, 0.3) is 0 Å². The second-order valence-electron chi connectivity index (χ2n) is 4.48. The third kappa shape index (κ3) is 6.23. The molecule has 0 fully saturated rings. The molecule has 0 aliphatic rings. The molecule has 0 spiro atoms. The summed E-state index contributed by atoms with van der Waals surface area (Å²) in [7, 11) is -1.65. The molecule has 0 aliphatic heterocycles. The maximum atomic E-state index is 12.1. The molecule has 1 rings (SSSR count). The van der Waals surface area contributed by atoms with E-state index in [0.29, 0.717) is 25.1 Å². The van der Waals surface area contributed by atoms with E-state index in [9.17, 15) is 8.42 Å². The van der Waals surface area contributed by atoms with E-state index >= 15 is 0 Å². The quantitative estimate of drug-likeness (QED) is 0.695. The molecule has 0 unspecified atom stereocenters. The zero-order valence-corrected chi connectivity index (χ0v) is 13.2. The molecule has 0 bridgehead atoms. The number of likely N-dealkylation sites (N-methyl/N-ethyl adjacent to an activating group) is 1. The number of pyridine rings is 1. The molecule has 0 saturated heterocycles. The van der Waals surface area contributed by atoms with E-state index in [4.69, 9.17) is 5.11 Å². The molecular weight excluding hydrogens is 290 g/mol. The molecule has 116 valence electrons. The van der Waals surface area contributed by atoms with Crippen LogP contribution in [0.1, 0.15) is 18.9 Å². The van der Waals surface area contributed by atoms with Crippen molar-refractivity contribution in [2.75, 3.05) is 33.3 Å². The molecule has 7 heteroatoms. The lowest BCUT2D eigenvalue weighted by atomic mass is 10.3. The maximum absolute atomic E-state index is 12.1. The molecule has 0 aliphatic carbocycles. The first-order valence-electron chi connectivity index (χ1n) is 6.72. The maximum Gasteiger partial charge on any atom is 0.242 e. The van der Waals surface area contributed by atoms with Gasteiger partial charge in [-0.15, -0.1) is 0 Å². The largest absolute Gasteiger partial charge is 0.395 e. The predicted octanol–water partition coefficient (Wildman–Crippen LogP) is 0.0455. The fourth-order valence-corrected chi connectivity index (χ4v) is 2.48. The molecule has 0 atom stereocenters. The van der Waals surface area contributed by atoms with Crippen LogP contribution >= 0.6 is 0 Å². The third-order valence-electron chi connectivity index (χ3n) is 2.82. The number of hydrogen-bond acceptors (Lipinski definition) is 5. The molecular formula is C14H21N3O3S. The number of rotatable bonds is 7. The summed E-state index contributed by atoms with van der Waals surface area (Å²) < 4.78 is 26.8. The van der Waals surface area contributed by atoms with Crippen molar-refractivity contribution in [1.29, 1.82) is 0 Å². The van der Waals surface area contributed by atoms with Gasteiger partial charge in [-0.25, -0.2) is 13.1 Å². The first-order chi connectivity index (χ1) is 9.99. The van der Waals surface area contributed by atoms with Gasteiger partial charge in [0.05, 0.1) is 6.61 Å². The lowest BCUT2D eigenvalue weighted by Gasteiger charge is -2.14. The fraction of sp³-hybridized carbons (Fsp3) is 0.500. The minimum absolute atomic E-state index is 0.0229. The Kier molecular flexibility index (Phi) is 7.32. The van der Waals surface area contributed by atoms with Crippen molar-refractivity contribution in [2.45, 2.75) is 18.2 Å². The number of hydrogen-bond donors (Lipinski definition) is 2. The zero-order chi connectivity index (χ0) is 15.7. The number of sulfonamides is 1. The van der Waals surface area contributed by atoms with Crippen LogP contribution < -0.4 is 4.72 Å². The Morgan fingerprint density at radius 2 is 2.19 bits per heavy atom. The summed E-state index contributed by atoms with van der Waals surface area (Å²) >= 11 is 0. The Labute approximate surface area is 126 Å². The number of nitrogens with one attached hydrogen (secondary N) is 1. The Morgan fingerprint density at radius 1 is 1.43 bits per heavy atom. The summed E-state index contributed by atoms with van der Waals surface area (Å²) in [6.45, 7) is 3.82. The molecule has 1 heterocycles. The zero-order valence-electron chi connectivity index (χ0n) is 12.3. The van der Waals surface area contributed by atoms with Crippen molar-refractivity contribution < 1.29 is 13.5 Å². The highest BCUT2D eigenvalue weighted by Crippen LogP contribution is 2.08. The fourth-order valence-electron chi connectivity index (χ4n) is 1.47. The molecule has 0 radical (unpaired) electrons. The smallest absolute Gasteiger partial charge is 0.242 e. The third-order valence-corrected chi connectivity index (χ3v) is 4.25. The Morgan fingerprint density at radius 3 is 2.86 bits per heavy atom. The lowest BCUT2D eigenvalue weighted by Crippen LogP contribution is -2.33. The SMILES string of the molecule is CCN(C)CCNS(=O)(=O)c1cncc(C#CCCO)c1. The summed E-state index contributed by atoms with van der Waals surface area (Å²) in [6, 6.07) is 1.48. The van der Waals surface area contributed by atoms with Crippen LogP contribution in [0, 0.1) is 11.8 Å². The predicted molar refractivity (Wildman–Crippen MR) is 81.2 cm³/mol. The summed E-state index contributed by atoms with van der Waals surface area (Å²) in [5.74, 6) is 5.50. The number of nitrogens with zero attached hydrogens (tertiary/aromatic N) is 2. The van der Waals surface area contributed by atoms with Crippen molar-refractivity contribution in [3.63, 3.8) is 0 Å². The molecule has 0 amide bonds. The van der Waals surface area contributed by atoms with Crippen LogP contribution in [0.5, 0.6) is 0 Å². The van der Waals surface area contributed by atoms with Crippen LogP contribution in [0.3, 0.4) is 0 Å². The molecule has 6 nitrogen and oxygen atoms in total. The molecule has 21 heavy (non-hydrogen) atoms. The molecule has 2 N–H and O–H groups in total. The van der Waals surface area contributed by atoms with Crippen LogP contribution in [0.25, 0.3) is 0 Å². The van der Waals surface area contributed by atoms with Gasteiger partial charge in [0.15, 0.2) is 0 Å². The number of aromatic nitrogens is 1. The van der Waals surface area contributed by atoms with E-state index in [1.54, 1.807) is 0 Å². The van der Waals surface area contributed by atoms with E-state index in [2.05, 4.69) is 21.5 Å². The second kappa shape index (κ2) is 8.74. The molecule has 1 aromatic heterocycles. The normalized spacial score (nSPS) is 11.2. The lowest BCUT2D eigenvalue weighted by molar-refractivity contribution is 0.305. The highest BCUT2D eigenvalue weighted by Gasteiger charge is 2.14. The minimum atomic E-state index is -3.57. The van der Waals surface area contributed by atoms with Crippen LogP contribution in [-0.4, -0.2) is 56.7 Å². The molecule has 0 saturated carbocycles. The Hall–Kier alpha value is -1.46. The van der Waals surface area contributed by atoms with Crippen molar-refractivity contribution in [3.8, 4) is 11.8 Å². The van der Waals surface area contributed by atoms with Crippen LogP contribution in [0.2, 0.25) is 0 Å². The van der Waals surface area contributed by atoms with Crippen LogP contribution in [-0.2, 0) is 10.0 Å². The highest BCUT2D eigenvalue weighted by molar-refractivity contribution is 7.89. The van der Waals surface area contributed by atoms with Gasteiger partial charge >= 0.3 is 0 Å². The standard InChI is InChI=1S/C14H21N3O3S/c1-3-17(2)8-7-16-21(19,20)14-10-13(11-15-12-14)6-4-5-9-18/h10-12,16,18H,3,5,7-9H2,1-2H3. The van der Waals surface area contributed by atoms with Gasteiger partial charge in [-0.3, -0.25) is 4.98 Å². The minimum Gasteiger partial charge on any atom is -0.395 e. The van der Waals surface area contributed by atoms with Gasteiger partial charge in [0, 0.05) is 37.5 Å².